The second kappa shape index (κ2) is 4.81. The molecule has 0 spiro atoms. The molecule has 3 atom stereocenters. The molecule has 100 valence electrons. The van der Waals surface area contributed by atoms with Crippen LogP contribution in [0.3, 0.4) is 0 Å². The van der Waals surface area contributed by atoms with Crippen molar-refractivity contribution in [3.8, 4) is 0 Å². The van der Waals surface area contributed by atoms with Gasteiger partial charge < -0.3 is 9.84 Å². The van der Waals surface area contributed by atoms with E-state index in [1.807, 2.05) is 6.92 Å². The number of aliphatic hydroxyl groups is 1. The average molecular weight is 248 g/mol. The first-order valence-corrected chi connectivity index (χ1v) is 6.58. The summed E-state index contributed by atoms with van der Waals surface area (Å²) in [6.45, 7) is 2.64. The molecular formula is C13H22F2O2. The van der Waals surface area contributed by atoms with E-state index in [9.17, 15) is 13.9 Å². The maximum absolute atomic E-state index is 13.4. The van der Waals surface area contributed by atoms with Crippen molar-refractivity contribution < 1.29 is 18.6 Å². The first kappa shape index (κ1) is 13.2. The molecule has 2 aliphatic rings. The summed E-state index contributed by atoms with van der Waals surface area (Å²) in [5.74, 6) is -2.46. The standard InChI is InChI=1S/C13H22F2O2/c1-10-12(9-16,5-6-17-10)7-11-3-2-4-13(14,15)8-11/h10-11,16H,2-9H2,1H3. The molecule has 0 aromatic carbocycles. The van der Waals surface area contributed by atoms with Crippen molar-refractivity contribution in [3.63, 3.8) is 0 Å². The fraction of sp³-hybridized carbons (Fsp3) is 1.00. The van der Waals surface area contributed by atoms with E-state index in [0.29, 0.717) is 19.4 Å². The molecule has 1 aliphatic carbocycles. The first-order valence-electron chi connectivity index (χ1n) is 6.58. The maximum Gasteiger partial charge on any atom is 0.248 e. The third-order valence-corrected chi connectivity index (χ3v) is 4.58. The molecule has 0 amide bonds. The van der Waals surface area contributed by atoms with Crippen molar-refractivity contribution in [2.24, 2.45) is 11.3 Å². The van der Waals surface area contributed by atoms with Crippen molar-refractivity contribution in [1.29, 1.82) is 0 Å². The summed E-state index contributed by atoms with van der Waals surface area (Å²) in [6, 6.07) is 0. The van der Waals surface area contributed by atoms with E-state index in [2.05, 4.69) is 0 Å². The van der Waals surface area contributed by atoms with Gasteiger partial charge in [0.1, 0.15) is 0 Å². The lowest BCUT2D eigenvalue weighted by Gasteiger charge is -2.37. The second-order valence-corrected chi connectivity index (χ2v) is 5.81. The van der Waals surface area contributed by atoms with E-state index in [-0.39, 0.29) is 36.9 Å². The minimum Gasteiger partial charge on any atom is -0.396 e. The zero-order chi connectivity index (χ0) is 12.5. The van der Waals surface area contributed by atoms with Gasteiger partial charge in [-0.25, -0.2) is 8.78 Å². The molecule has 0 bridgehead atoms. The van der Waals surface area contributed by atoms with Crippen molar-refractivity contribution in [3.05, 3.63) is 0 Å². The Labute approximate surface area is 101 Å². The van der Waals surface area contributed by atoms with Crippen LogP contribution in [-0.4, -0.2) is 30.3 Å². The van der Waals surface area contributed by atoms with Crippen LogP contribution in [0.2, 0.25) is 0 Å². The third-order valence-electron chi connectivity index (χ3n) is 4.58. The van der Waals surface area contributed by atoms with E-state index in [0.717, 1.165) is 12.8 Å². The van der Waals surface area contributed by atoms with Gasteiger partial charge in [-0.3, -0.25) is 0 Å². The lowest BCUT2D eigenvalue weighted by atomic mass is 9.71. The summed E-state index contributed by atoms with van der Waals surface area (Å²) in [4.78, 5) is 0. The van der Waals surface area contributed by atoms with Crippen LogP contribution in [0.25, 0.3) is 0 Å². The topological polar surface area (TPSA) is 29.5 Å². The highest BCUT2D eigenvalue weighted by atomic mass is 19.3. The molecular weight excluding hydrogens is 226 g/mol. The largest absolute Gasteiger partial charge is 0.396 e. The van der Waals surface area contributed by atoms with E-state index in [4.69, 9.17) is 4.74 Å². The predicted octanol–water partition coefficient (Wildman–Crippen LogP) is 2.99. The number of alkyl halides is 2. The van der Waals surface area contributed by atoms with E-state index in [1.54, 1.807) is 0 Å². The van der Waals surface area contributed by atoms with Crippen LogP contribution in [0.1, 0.15) is 45.4 Å². The van der Waals surface area contributed by atoms with Crippen LogP contribution in [0.15, 0.2) is 0 Å². The second-order valence-electron chi connectivity index (χ2n) is 5.81. The summed E-state index contributed by atoms with van der Waals surface area (Å²) in [6.07, 6.45) is 2.96. The maximum atomic E-state index is 13.4. The molecule has 0 aromatic rings. The SMILES string of the molecule is CC1OCCC1(CO)CC1CCCC(F)(F)C1. The smallest absolute Gasteiger partial charge is 0.248 e. The Morgan fingerprint density at radius 2 is 2.12 bits per heavy atom. The molecule has 0 radical (unpaired) electrons. The number of aliphatic hydroxyl groups excluding tert-OH is 1. The van der Waals surface area contributed by atoms with Gasteiger partial charge >= 0.3 is 0 Å². The van der Waals surface area contributed by atoms with Gasteiger partial charge in [-0.1, -0.05) is 0 Å². The first-order chi connectivity index (χ1) is 7.97. The van der Waals surface area contributed by atoms with Gasteiger partial charge in [0.05, 0.1) is 12.7 Å². The predicted molar refractivity (Wildman–Crippen MR) is 61.1 cm³/mol. The zero-order valence-corrected chi connectivity index (χ0v) is 10.4. The molecule has 3 unspecified atom stereocenters. The molecule has 1 saturated carbocycles. The Hall–Kier alpha value is -0.220. The van der Waals surface area contributed by atoms with Gasteiger partial charge in [0.2, 0.25) is 5.92 Å². The van der Waals surface area contributed by atoms with Gasteiger partial charge in [0.15, 0.2) is 0 Å². The molecule has 1 saturated heterocycles. The van der Waals surface area contributed by atoms with Crippen LogP contribution in [0, 0.1) is 11.3 Å². The molecule has 1 heterocycles. The zero-order valence-electron chi connectivity index (χ0n) is 10.4. The highest BCUT2D eigenvalue weighted by Gasteiger charge is 2.45. The molecule has 2 nitrogen and oxygen atoms in total. The Kier molecular flexibility index (Phi) is 3.74. The summed E-state index contributed by atoms with van der Waals surface area (Å²) in [5.41, 5.74) is -0.280. The van der Waals surface area contributed by atoms with Crippen LogP contribution >= 0.6 is 0 Å². The highest BCUT2D eigenvalue weighted by Crippen LogP contribution is 2.46. The van der Waals surface area contributed by atoms with Crippen LogP contribution in [0.5, 0.6) is 0 Å². The monoisotopic (exact) mass is 248 g/mol. The van der Waals surface area contributed by atoms with Gasteiger partial charge in [-0.05, 0) is 38.5 Å². The fourth-order valence-electron chi connectivity index (χ4n) is 3.38. The number of hydrogen-bond donors (Lipinski definition) is 1. The molecule has 4 heteroatoms. The molecule has 1 aliphatic heterocycles. The highest BCUT2D eigenvalue weighted by molar-refractivity contribution is 4.92. The average Bonchev–Trinajstić information content (AvgIpc) is 2.59. The van der Waals surface area contributed by atoms with E-state index < -0.39 is 5.92 Å². The van der Waals surface area contributed by atoms with Crippen LogP contribution in [0.4, 0.5) is 8.78 Å². The van der Waals surface area contributed by atoms with Gasteiger partial charge in [-0.2, -0.15) is 0 Å². The van der Waals surface area contributed by atoms with Crippen molar-refractivity contribution in [2.75, 3.05) is 13.2 Å². The Bertz CT molecular complexity index is 270. The molecule has 17 heavy (non-hydrogen) atoms. The summed E-state index contributed by atoms with van der Waals surface area (Å²) >= 11 is 0. The van der Waals surface area contributed by atoms with Gasteiger partial charge in [0.25, 0.3) is 0 Å². The van der Waals surface area contributed by atoms with Crippen molar-refractivity contribution in [2.45, 2.75) is 57.5 Å². The lowest BCUT2D eigenvalue weighted by molar-refractivity contribution is -0.0683. The third kappa shape index (κ3) is 2.79. The lowest BCUT2D eigenvalue weighted by Crippen LogP contribution is -2.37. The van der Waals surface area contributed by atoms with Crippen molar-refractivity contribution >= 4 is 0 Å². The quantitative estimate of drug-likeness (QED) is 0.832. The van der Waals surface area contributed by atoms with Gasteiger partial charge in [0, 0.05) is 24.9 Å². The Morgan fingerprint density at radius 3 is 2.65 bits per heavy atom. The van der Waals surface area contributed by atoms with Crippen LogP contribution < -0.4 is 0 Å². The summed E-state index contributed by atoms with van der Waals surface area (Å²) in [7, 11) is 0. The molecule has 2 fully saturated rings. The Morgan fingerprint density at radius 1 is 1.35 bits per heavy atom. The normalized spacial score (nSPS) is 41.6. The molecule has 0 aromatic heterocycles. The number of halogens is 2. The summed E-state index contributed by atoms with van der Waals surface area (Å²) < 4.78 is 32.2. The number of ether oxygens (including phenoxy) is 1. The number of hydrogen-bond acceptors (Lipinski definition) is 2. The minimum absolute atomic E-state index is 0.0111. The number of rotatable bonds is 3. The molecule has 2 rings (SSSR count). The van der Waals surface area contributed by atoms with E-state index in [1.165, 1.54) is 0 Å². The Balaban J connectivity index is 1.99. The van der Waals surface area contributed by atoms with Crippen molar-refractivity contribution in [1.82, 2.24) is 0 Å². The summed E-state index contributed by atoms with van der Waals surface area (Å²) in [5, 5.41) is 9.58. The van der Waals surface area contributed by atoms with Gasteiger partial charge in [-0.15, -0.1) is 0 Å². The molecule has 1 N–H and O–H groups in total. The van der Waals surface area contributed by atoms with Crippen LogP contribution in [-0.2, 0) is 4.74 Å². The minimum atomic E-state index is -2.50. The van der Waals surface area contributed by atoms with E-state index >= 15 is 0 Å². The fourth-order valence-corrected chi connectivity index (χ4v) is 3.38.